The third kappa shape index (κ3) is 4.38. The van der Waals surface area contributed by atoms with Crippen LogP contribution >= 0.6 is 11.3 Å². The van der Waals surface area contributed by atoms with E-state index in [0.717, 1.165) is 16.3 Å². The van der Waals surface area contributed by atoms with Crippen molar-refractivity contribution < 1.29 is 13.2 Å². The zero-order valence-corrected chi connectivity index (χ0v) is 16.4. The van der Waals surface area contributed by atoms with Gasteiger partial charge in [-0.2, -0.15) is 0 Å². The van der Waals surface area contributed by atoms with Crippen molar-refractivity contribution in [2.45, 2.75) is 18.7 Å². The van der Waals surface area contributed by atoms with Gasteiger partial charge in [0.25, 0.3) is 5.91 Å². The lowest BCUT2D eigenvalue weighted by Gasteiger charge is -2.06. The smallest absolute Gasteiger partial charge is 0.257 e. The van der Waals surface area contributed by atoms with Crippen LogP contribution < -0.4 is 10.0 Å². The zero-order valence-electron chi connectivity index (χ0n) is 14.8. The molecule has 3 aromatic rings. The molecular weight excluding hydrogens is 384 g/mol. The molecule has 2 aromatic heterocycles. The number of benzene rings is 1. The number of aromatic nitrogens is 2. The fourth-order valence-electron chi connectivity index (χ4n) is 2.41. The van der Waals surface area contributed by atoms with Gasteiger partial charge in [0.15, 0.2) is 5.13 Å². The van der Waals surface area contributed by atoms with E-state index >= 15 is 0 Å². The molecule has 0 aliphatic rings. The van der Waals surface area contributed by atoms with Crippen LogP contribution in [0.15, 0.2) is 53.6 Å². The lowest BCUT2D eigenvalue weighted by Crippen LogP contribution is -2.23. The number of nitrogens with zero attached hydrogens (tertiary/aromatic N) is 2. The number of aryl methyl sites for hydroxylation is 1. The maximum atomic E-state index is 12.4. The average Bonchev–Trinajstić information content (AvgIpc) is 3.02. The standard InChI is InChI=1S/C18H18N4O3S2/c1-3-20-27(24,25)14-9-7-13(8-10-14)17(23)22-18-21-12(2)16(26-18)15-6-4-5-11-19-15/h4-11,20H,3H2,1-2H3,(H,21,22,23). The van der Waals surface area contributed by atoms with Crippen LogP contribution in [-0.2, 0) is 10.0 Å². The van der Waals surface area contributed by atoms with Crippen LogP contribution in [0.4, 0.5) is 5.13 Å². The molecular formula is C18H18N4O3S2. The summed E-state index contributed by atoms with van der Waals surface area (Å²) in [6.45, 7) is 3.86. The lowest BCUT2D eigenvalue weighted by molar-refractivity contribution is 0.102. The maximum Gasteiger partial charge on any atom is 0.257 e. The number of pyridine rings is 1. The van der Waals surface area contributed by atoms with Crippen molar-refractivity contribution in [1.29, 1.82) is 0 Å². The fourth-order valence-corrected chi connectivity index (χ4v) is 4.39. The van der Waals surface area contributed by atoms with Crippen molar-refractivity contribution in [3.63, 3.8) is 0 Å². The van der Waals surface area contributed by atoms with Crippen molar-refractivity contribution >= 4 is 32.4 Å². The van der Waals surface area contributed by atoms with Gasteiger partial charge in [-0.1, -0.05) is 24.3 Å². The fraction of sp³-hybridized carbons (Fsp3) is 0.167. The highest BCUT2D eigenvalue weighted by Gasteiger charge is 2.16. The molecule has 7 nitrogen and oxygen atoms in total. The first-order valence-corrected chi connectivity index (χ1v) is 10.5. The minimum absolute atomic E-state index is 0.114. The van der Waals surface area contributed by atoms with Crippen LogP contribution in [0.25, 0.3) is 10.6 Å². The predicted octanol–water partition coefficient (Wildman–Crippen LogP) is 3.06. The van der Waals surface area contributed by atoms with Gasteiger partial charge in [-0.25, -0.2) is 18.1 Å². The molecule has 140 valence electrons. The Kier molecular flexibility index (Phi) is 5.64. The number of anilines is 1. The second-order valence-electron chi connectivity index (χ2n) is 5.63. The highest BCUT2D eigenvalue weighted by Crippen LogP contribution is 2.31. The first-order valence-electron chi connectivity index (χ1n) is 8.20. The molecule has 0 unspecified atom stereocenters. The second kappa shape index (κ2) is 7.95. The summed E-state index contributed by atoms with van der Waals surface area (Å²) in [7, 11) is -3.54. The van der Waals surface area contributed by atoms with Crippen molar-refractivity contribution in [2.75, 3.05) is 11.9 Å². The number of thiazole rings is 1. The summed E-state index contributed by atoms with van der Waals surface area (Å²) in [5, 5.41) is 3.21. The molecule has 0 aliphatic carbocycles. The topological polar surface area (TPSA) is 101 Å². The maximum absolute atomic E-state index is 12.4. The SMILES string of the molecule is CCNS(=O)(=O)c1ccc(C(=O)Nc2nc(C)c(-c3ccccn3)s2)cc1. The first-order chi connectivity index (χ1) is 12.9. The molecule has 0 aliphatic heterocycles. The lowest BCUT2D eigenvalue weighted by atomic mass is 10.2. The van der Waals surface area contributed by atoms with E-state index in [9.17, 15) is 13.2 Å². The van der Waals surface area contributed by atoms with E-state index in [1.807, 2.05) is 25.1 Å². The molecule has 9 heteroatoms. The van der Waals surface area contributed by atoms with Gasteiger partial charge in [0.05, 0.1) is 21.2 Å². The third-order valence-electron chi connectivity index (χ3n) is 3.68. The summed E-state index contributed by atoms with van der Waals surface area (Å²) in [5.74, 6) is -0.358. The van der Waals surface area contributed by atoms with Crippen molar-refractivity contribution in [3.05, 3.63) is 59.9 Å². The number of rotatable bonds is 6. The number of carbonyl (C=O) groups excluding carboxylic acids is 1. The van der Waals surface area contributed by atoms with Crippen LogP contribution in [0.2, 0.25) is 0 Å². The molecule has 2 heterocycles. The molecule has 0 spiro atoms. The average molecular weight is 403 g/mol. The predicted molar refractivity (Wildman–Crippen MR) is 105 cm³/mol. The van der Waals surface area contributed by atoms with Crippen LogP contribution in [0.1, 0.15) is 23.0 Å². The molecule has 1 amide bonds. The van der Waals surface area contributed by atoms with E-state index in [0.29, 0.717) is 17.2 Å². The summed E-state index contributed by atoms with van der Waals surface area (Å²) >= 11 is 1.34. The van der Waals surface area contributed by atoms with Gasteiger partial charge in [-0.3, -0.25) is 15.1 Å². The van der Waals surface area contributed by atoms with Crippen molar-refractivity contribution in [2.24, 2.45) is 0 Å². The molecule has 0 fully saturated rings. The van der Waals surface area contributed by atoms with E-state index < -0.39 is 10.0 Å². The molecule has 1 aromatic carbocycles. The molecule has 0 atom stereocenters. The van der Waals surface area contributed by atoms with Gasteiger partial charge < -0.3 is 0 Å². The second-order valence-corrected chi connectivity index (χ2v) is 8.39. The number of hydrogen-bond donors (Lipinski definition) is 2. The molecule has 3 rings (SSSR count). The van der Waals surface area contributed by atoms with E-state index in [1.54, 1.807) is 13.1 Å². The Morgan fingerprint density at radius 2 is 1.89 bits per heavy atom. The van der Waals surface area contributed by atoms with Gasteiger partial charge in [0.2, 0.25) is 10.0 Å². The van der Waals surface area contributed by atoms with E-state index in [-0.39, 0.29) is 10.8 Å². The monoisotopic (exact) mass is 402 g/mol. The van der Waals surface area contributed by atoms with Crippen LogP contribution in [-0.4, -0.2) is 30.8 Å². The molecule has 0 saturated carbocycles. The number of amides is 1. The molecule has 2 N–H and O–H groups in total. The van der Waals surface area contributed by atoms with Crippen LogP contribution in [0, 0.1) is 6.92 Å². The normalized spacial score (nSPS) is 11.3. The van der Waals surface area contributed by atoms with Crippen LogP contribution in [0.5, 0.6) is 0 Å². The van der Waals surface area contributed by atoms with E-state index in [4.69, 9.17) is 0 Å². The zero-order chi connectivity index (χ0) is 19.4. The van der Waals surface area contributed by atoms with Crippen molar-refractivity contribution in [1.82, 2.24) is 14.7 Å². The minimum Gasteiger partial charge on any atom is -0.298 e. The number of hydrogen-bond acceptors (Lipinski definition) is 6. The van der Waals surface area contributed by atoms with Gasteiger partial charge >= 0.3 is 0 Å². The highest BCUT2D eigenvalue weighted by molar-refractivity contribution is 7.89. The van der Waals surface area contributed by atoms with Gasteiger partial charge in [0, 0.05) is 18.3 Å². The Morgan fingerprint density at radius 3 is 2.52 bits per heavy atom. The van der Waals surface area contributed by atoms with Gasteiger partial charge in [-0.05, 0) is 43.3 Å². The Labute approximate surface area is 161 Å². The molecule has 0 bridgehead atoms. The van der Waals surface area contributed by atoms with Crippen molar-refractivity contribution in [3.8, 4) is 10.6 Å². The highest BCUT2D eigenvalue weighted by atomic mass is 32.2. The third-order valence-corrected chi connectivity index (χ3v) is 6.33. The molecule has 0 radical (unpaired) electrons. The Bertz CT molecular complexity index is 1050. The van der Waals surface area contributed by atoms with Gasteiger partial charge in [-0.15, -0.1) is 0 Å². The van der Waals surface area contributed by atoms with Crippen LogP contribution in [0.3, 0.4) is 0 Å². The Morgan fingerprint density at radius 1 is 1.15 bits per heavy atom. The summed E-state index contributed by atoms with van der Waals surface area (Å²) in [4.78, 5) is 22.1. The van der Waals surface area contributed by atoms with Gasteiger partial charge in [0.1, 0.15) is 0 Å². The quantitative estimate of drug-likeness (QED) is 0.660. The molecule has 0 saturated heterocycles. The number of nitrogens with one attached hydrogen (secondary N) is 2. The summed E-state index contributed by atoms with van der Waals surface area (Å²) in [6.07, 6.45) is 1.70. The van der Waals surface area contributed by atoms with E-state index in [1.165, 1.54) is 35.6 Å². The largest absolute Gasteiger partial charge is 0.298 e. The molecule has 27 heavy (non-hydrogen) atoms. The number of carbonyl (C=O) groups is 1. The Balaban J connectivity index is 1.76. The first kappa shape index (κ1) is 19.2. The van der Waals surface area contributed by atoms with E-state index in [2.05, 4.69) is 20.0 Å². The summed E-state index contributed by atoms with van der Waals surface area (Å²) < 4.78 is 26.3. The minimum atomic E-state index is -3.54. The number of sulfonamides is 1. The Hall–Kier alpha value is -2.62. The summed E-state index contributed by atoms with van der Waals surface area (Å²) in [5.41, 5.74) is 1.92. The summed E-state index contributed by atoms with van der Waals surface area (Å²) in [6, 6.07) is 11.4.